The van der Waals surface area contributed by atoms with Crippen molar-refractivity contribution in [3.63, 3.8) is 0 Å². The largest absolute Gasteiger partial charge is 0.399 e. The van der Waals surface area contributed by atoms with E-state index in [4.69, 9.17) is 5.73 Å². The van der Waals surface area contributed by atoms with Crippen LogP contribution in [0.3, 0.4) is 0 Å². The summed E-state index contributed by atoms with van der Waals surface area (Å²) in [6, 6.07) is 16.0. The highest BCUT2D eigenvalue weighted by Crippen LogP contribution is 2.25. The first-order valence-corrected chi connectivity index (χ1v) is 6.59. The van der Waals surface area contributed by atoms with Gasteiger partial charge in [-0.25, -0.2) is 0 Å². The third-order valence-corrected chi connectivity index (χ3v) is 2.89. The predicted octanol–water partition coefficient (Wildman–Crippen LogP) is 2.48. The second-order valence-electron chi connectivity index (χ2n) is 4.62. The lowest BCUT2D eigenvalue weighted by Gasteiger charge is -2.10. The number of hydrogen-bond donors (Lipinski definition) is 3. The molecule has 4 nitrogen and oxygen atoms in total. The van der Waals surface area contributed by atoms with Crippen molar-refractivity contribution in [2.75, 3.05) is 24.1 Å². The van der Waals surface area contributed by atoms with Gasteiger partial charge in [0.15, 0.2) is 0 Å². The molecule has 0 bridgehead atoms. The van der Waals surface area contributed by atoms with Crippen molar-refractivity contribution < 1.29 is 4.79 Å². The molecule has 0 fully saturated rings. The maximum atomic E-state index is 10.8. The summed E-state index contributed by atoms with van der Waals surface area (Å²) >= 11 is 0. The van der Waals surface area contributed by atoms with Crippen LogP contribution in [0, 0.1) is 0 Å². The lowest BCUT2D eigenvalue weighted by atomic mass is 10.0. The molecule has 0 heterocycles. The zero-order valence-corrected chi connectivity index (χ0v) is 11.5. The molecule has 104 valence electrons. The van der Waals surface area contributed by atoms with Crippen LogP contribution in [0.5, 0.6) is 0 Å². The minimum atomic E-state index is -0.0237. The maximum absolute atomic E-state index is 10.8. The highest BCUT2D eigenvalue weighted by molar-refractivity contribution is 5.74. The van der Waals surface area contributed by atoms with Crippen LogP contribution in [0.4, 0.5) is 11.4 Å². The number of anilines is 2. The number of hydrogen-bond acceptors (Lipinski definition) is 3. The molecule has 0 saturated heterocycles. The molecule has 0 spiro atoms. The van der Waals surface area contributed by atoms with Crippen molar-refractivity contribution in [2.45, 2.75) is 6.92 Å². The van der Waals surface area contributed by atoms with Crippen molar-refractivity contribution in [3.8, 4) is 11.1 Å². The van der Waals surface area contributed by atoms with Crippen LogP contribution in [0.1, 0.15) is 6.92 Å². The monoisotopic (exact) mass is 269 g/mol. The second-order valence-corrected chi connectivity index (χ2v) is 4.62. The molecule has 0 aliphatic rings. The summed E-state index contributed by atoms with van der Waals surface area (Å²) in [5.74, 6) is -0.0237. The van der Waals surface area contributed by atoms with Gasteiger partial charge in [0.05, 0.1) is 0 Å². The van der Waals surface area contributed by atoms with E-state index in [1.165, 1.54) is 6.92 Å². The maximum Gasteiger partial charge on any atom is 0.216 e. The molecule has 0 aliphatic heterocycles. The molecule has 0 unspecified atom stereocenters. The van der Waals surface area contributed by atoms with Gasteiger partial charge in [-0.05, 0) is 29.3 Å². The molecule has 0 atom stereocenters. The van der Waals surface area contributed by atoms with Gasteiger partial charge in [0, 0.05) is 31.4 Å². The van der Waals surface area contributed by atoms with Crippen molar-refractivity contribution in [1.29, 1.82) is 0 Å². The average molecular weight is 269 g/mol. The Labute approximate surface area is 119 Å². The van der Waals surface area contributed by atoms with Gasteiger partial charge in [0.25, 0.3) is 0 Å². The van der Waals surface area contributed by atoms with Crippen molar-refractivity contribution in [1.82, 2.24) is 5.32 Å². The summed E-state index contributed by atoms with van der Waals surface area (Å²) < 4.78 is 0. The first kappa shape index (κ1) is 13.9. The summed E-state index contributed by atoms with van der Waals surface area (Å²) in [6.45, 7) is 2.76. The van der Waals surface area contributed by atoms with Gasteiger partial charge in [-0.15, -0.1) is 0 Å². The first-order valence-electron chi connectivity index (χ1n) is 6.59. The third kappa shape index (κ3) is 4.02. The molecule has 2 rings (SSSR count). The first-order chi connectivity index (χ1) is 9.65. The highest BCUT2D eigenvalue weighted by Gasteiger charge is 2.01. The molecular formula is C16H19N3O. The summed E-state index contributed by atoms with van der Waals surface area (Å²) in [5.41, 5.74) is 9.81. The zero-order chi connectivity index (χ0) is 14.4. The van der Waals surface area contributed by atoms with Crippen molar-refractivity contribution in [2.24, 2.45) is 0 Å². The lowest BCUT2D eigenvalue weighted by Crippen LogP contribution is -2.26. The quantitative estimate of drug-likeness (QED) is 0.577. The van der Waals surface area contributed by atoms with Gasteiger partial charge in [-0.3, -0.25) is 4.79 Å². The van der Waals surface area contributed by atoms with Gasteiger partial charge in [-0.2, -0.15) is 0 Å². The van der Waals surface area contributed by atoms with Gasteiger partial charge in [0.1, 0.15) is 0 Å². The van der Waals surface area contributed by atoms with Crippen LogP contribution in [0.25, 0.3) is 11.1 Å². The number of carbonyl (C=O) groups excluding carboxylic acids is 1. The molecule has 20 heavy (non-hydrogen) atoms. The Balaban J connectivity index is 2.07. The number of carbonyl (C=O) groups is 1. The number of nitrogen functional groups attached to an aromatic ring is 1. The number of benzene rings is 2. The second kappa shape index (κ2) is 6.61. The Kier molecular flexibility index (Phi) is 4.60. The fourth-order valence-electron chi connectivity index (χ4n) is 2.00. The van der Waals surface area contributed by atoms with E-state index >= 15 is 0 Å². The average Bonchev–Trinajstić information content (AvgIpc) is 2.44. The summed E-state index contributed by atoms with van der Waals surface area (Å²) in [5, 5.41) is 6.00. The number of nitrogens with two attached hydrogens (primary N) is 1. The van der Waals surface area contributed by atoms with Crippen LogP contribution in [-0.2, 0) is 4.79 Å². The summed E-state index contributed by atoms with van der Waals surface area (Å²) in [4.78, 5) is 10.8. The van der Waals surface area contributed by atoms with E-state index < -0.39 is 0 Å². The van der Waals surface area contributed by atoms with Gasteiger partial charge >= 0.3 is 0 Å². The minimum Gasteiger partial charge on any atom is -0.399 e. The van der Waals surface area contributed by atoms with Gasteiger partial charge in [-0.1, -0.05) is 30.3 Å². The molecule has 2 aromatic carbocycles. The van der Waals surface area contributed by atoms with Gasteiger partial charge in [0.2, 0.25) is 5.91 Å². The van der Waals surface area contributed by atoms with Crippen LogP contribution in [0.15, 0.2) is 48.5 Å². The molecule has 0 radical (unpaired) electrons. The number of amides is 1. The van der Waals surface area contributed by atoms with Crippen molar-refractivity contribution in [3.05, 3.63) is 48.5 Å². The van der Waals surface area contributed by atoms with Gasteiger partial charge < -0.3 is 16.4 Å². The molecule has 2 aromatic rings. The molecule has 0 aromatic heterocycles. The van der Waals surface area contributed by atoms with Crippen molar-refractivity contribution >= 4 is 17.3 Å². The van der Waals surface area contributed by atoms with E-state index in [0.717, 1.165) is 16.8 Å². The molecule has 0 saturated carbocycles. The Morgan fingerprint density at radius 2 is 1.80 bits per heavy atom. The molecule has 4 heteroatoms. The van der Waals surface area contributed by atoms with E-state index in [1.54, 1.807) is 0 Å². The van der Waals surface area contributed by atoms with E-state index in [1.807, 2.05) is 30.3 Å². The fraction of sp³-hybridized carbons (Fsp3) is 0.188. The molecule has 0 aliphatic carbocycles. The van der Waals surface area contributed by atoms with Crippen LogP contribution >= 0.6 is 0 Å². The Hall–Kier alpha value is -2.49. The molecular weight excluding hydrogens is 250 g/mol. The molecule has 4 N–H and O–H groups in total. The summed E-state index contributed by atoms with van der Waals surface area (Å²) in [6.07, 6.45) is 0. The number of nitrogens with one attached hydrogen (secondary N) is 2. The standard InChI is InChI=1S/C16H19N3O/c1-12(20)18-7-8-19-16-10-14(9-15(17)11-16)13-5-3-2-4-6-13/h2-6,9-11,19H,7-8,17H2,1H3,(H,18,20). The molecule has 1 amide bonds. The predicted molar refractivity (Wildman–Crippen MR) is 83.5 cm³/mol. The van der Waals surface area contributed by atoms with E-state index in [2.05, 4.69) is 28.8 Å². The smallest absolute Gasteiger partial charge is 0.216 e. The fourth-order valence-corrected chi connectivity index (χ4v) is 2.00. The normalized spacial score (nSPS) is 10.1. The van der Waals surface area contributed by atoms with E-state index in [0.29, 0.717) is 18.8 Å². The zero-order valence-electron chi connectivity index (χ0n) is 11.5. The Morgan fingerprint density at radius 3 is 2.50 bits per heavy atom. The SMILES string of the molecule is CC(=O)NCCNc1cc(N)cc(-c2ccccc2)c1. The van der Waals surface area contributed by atoms with Crippen LogP contribution in [0.2, 0.25) is 0 Å². The minimum absolute atomic E-state index is 0.0237. The highest BCUT2D eigenvalue weighted by atomic mass is 16.1. The Morgan fingerprint density at radius 1 is 1.05 bits per heavy atom. The Bertz CT molecular complexity index is 582. The summed E-state index contributed by atoms with van der Waals surface area (Å²) in [7, 11) is 0. The van der Waals surface area contributed by atoms with E-state index in [9.17, 15) is 4.79 Å². The topological polar surface area (TPSA) is 67.2 Å². The van der Waals surface area contributed by atoms with Crippen LogP contribution in [-0.4, -0.2) is 19.0 Å². The third-order valence-electron chi connectivity index (χ3n) is 2.89. The number of rotatable bonds is 5. The van der Waals surface area contributed by atoms with E-state index in [-0.39, 0.29) is 5.91 Å². The van der Waals surface area contributed by atoms with Crippen LogP contribution < -0.4 is 16.4 Å². The lowest BCUT2D eigenvalue weighted by molar-refractivity contribution is -0.118.